The smallest absolute Gasteiger partial charge is 0.235 e. The molecule has 2 unspecified atom stereocenters. The Labute approximate surface area is 78.2 Å². The molecule has 0 aliphatic carbocycles. The van der Waals surface area contributed by atoms with E-state index in [1.165, 1.54) is 0 Å². The van der Waals surface area contributed by atoms with Gasteiger partial charge in [0.1, 0.15) is 0 Å². The van der Waals surface area contributed by atoms with Crippen LogP contribution in [0.5, 0.6) is 0 Å². The molecule has 4 heteroatoms. The monoisotopic (exact) mass is 184 g/mol. The van der Waals surface area contributed by atoms with Crippen LogP contribution in [0, 0.1) is 0 Å². The van der Waals surface area contributed by atoms with E-state index in [4.69, 9.17) is 4.74 Å². The van der Waals surface area contributed by atoms with Crippen molar-refractivity contribution >= 4 is 5.91 Å². The number of ether oxygens (including phenoxy) is 1. The lowest BCUT2D eigenvalue weighted by atomic mass is 10.2. The zero-order valence-electron chi connectivity index (χ0n) is 7.95. The quantitative estimate of drug-likeness (QED) is 0.670. The number of hydrazine groups is 1. The summed E-state index contributed by atoms with van der Waals surface area (Å²) in [6.07, 6.45) is 3.22. The zero-order valence-corrected chi connectivity index (χ0v) is 7.95. The Balaban J connectivity index is 1.83. The summed E-state index contributed by atoms with van der Waals surface area (Å²) in [5, 5.41) is 2.00. The van der Waals surface area contributed by atoms with Crippen LogP contribution in [0.25, 0.3) is 0 Å². The van der Waals surface area contributed by atoms with Gasteiger partial charge >= 0.3 is 0 Å². The number of nitrogens with one attached hydrogen (secondary N) is 1. The third-order valence-corrected chi connectivity index (χ3v) is 2.71. The van der Waals surface area contributed by atoms with Crippen molar-refractivity contribution < 1.29 is 9.53 Å². The molecule has 0 saturated carbocycles. The highest BCUT2D eigenvalue weighted by Crippen LogP contribution is 2.16. The maximum atomic E-state index is 11.0. The van der Waals surface area contributed by atoms with Gasteiger partial charge in [-0.05, 0) is 19.8 Å². The average molecular weight is 184 g/mol. The first-order chi connectivity index (χ1) is 6.25. The van der Waals surface area contributed by atoms with E-state index in [1.807, 2.05) is 5.01 Å². The number of rotatable bonds is 2. The third-order valence-electron chi connectivity index (χ3n) is 2.71. The van der Waals surface area contributed by atoms with Gasteiger partial charge in [-0.1, -0.05) is 0 Å². The van der Waals surface area contributed by atoms with Crippen LogP contribution in [-0.2, 0) is 9.53 Å². The topological polar surface area (TPSA) is 41.6 Å². The highest BCUT2D eigenvalue weighted by atomic mass is 16.5. The van der Waals surface area contributed by atoms with Gasteiger partial charge in [-0.25, -0.2) is 5.01 Å². The van der Waals surface area contributed by atoms with Gasteiger partial charge < -0.3 is 4.74 Å². The predicted octanol–water partition coefficient (Wildman–Crippen LogP) is 0.291. The fourth-order valence-electron chi connectivity index (χ4n) is 1.93. The molecular weight excluding hydrogens is 168 g/mol. The molecule has 2 aliphatic heterocycles. The third kappa shape index (κ3) is 2.00. The second-order valence-electron chi connectivity index (χ2n) is 3.88. The van der Waals surface area contributed by atoms with Gasteiger partial charge in [-0.2, -0.15) is 0 Å². The van der Waals surface area contributed by atoms with Crippen LogP contribution in [0.1, 0.15) is 26.2 Å². The lowest BCUT2D eigenvalue weighted by Crippen LogP contribution is -2.42. The van der Waals surface area contributed by atoms with Crippen LogP contribution in [0.15, 0.2) is 0 Å². The lowest BCUT2D eigenvalue weighted by molar-refractivity contribution is -0.121. The summed E-state index contributed by atoms with van der Waals surface area (Å²) in [7, 11) is 0. The Morgan fingerprint density at radius 2 is 2.54 bits per heavy atom. The summed E-state index contributed by atoms with van der Waals surface area (Å²) in [4.78, 5) is 11.0. The maximum absolute atomic E-state index is 11.0. The number of hydrogen-bond acceptors (Lipinski definition) is 3. The minimum absolute atomic E-state index is 0.130. The Bertz CT molecular complexity index is 202. The predicted molar refractivity (Wildman–Crippen MR) is 47.9 cm³/mol. The SMILES string of the molecule is CC1CC(=O)NN1CC1CCCO1. The molecular formula is C9H16N2O2. The molecule has 0 bridgehead atoms. The molecule has 2 heterocycles. The molecule has 2 fully saturated rings. The number of nitrogens with zero attached hydrogens (tertiary/aromatic N) is 1. The molecule has 13 heavy (non-hydrogen) atoms. The minimum Gasteiger partial charge on any atom is -0.377 e. The Morgan fingerprint density at radius 3 is 3.08 bits per heavy atom. The largest absolute Gasteiger partial charge is 0.377 e. The highest BCUT2D eigenvalue weighted by molar-refractivity contribution is 5.77. The van der Waals surface area contributed by atoms with Gasteiger partial charge in [0, 0.05) is 25.6 Å². The maximum Gasteiger partial charge on any atom is 0.235 e. The summed E-state index contributed by atoms with van der Waals surface area (Å²) in [5.74, 6) is 0.130. The van der Waals surface area contributed by atoms with E-state index in [-0.39, 0.29) is 5.91 Å². The van der Waals surface area contributed by atoms with Crippen LogP contribution >= 0.6 is 0 Å². The van der Waals surface area contributed by atoms with Crippen molar-refractivity contribution in [1.29, 1.82) is 0 Å². The number of hydrogen-bond donors (Lipinski definition) is 1. The molecule has 0 radical (unpaired) electrons. The molecule has 0 spiro atoms. The van der Waals surface area contributed by atoms with Crippen molar-refractivity contribution in [3.8, 4) is 0 Å². The van der Waals surface area contributed by atoms with Gasteiger partial charge in [-0.3, -0.25) is 10.2 Å². The second kappa shape index (κ2) is 3.64. The standard InChI is InChI=1S/C9H16N2O2/c1-7-5-9(12)10-11(7)6-8-3-2-4-13-8/h7-8H,2-6H2,1H3,(H,10,12). The Kier molecular flexibility index (Phi) is 2.51. The van der Waals surface area contributed by atoms with E-state index in [0.717, 1.165) is 26.0 Å². The molecule has 0 aromatic rings. The van der Waals surface area contributed by atoms with Gasteiger partial charge in [0.2, 0.25) is 5.91 Å². The van der Waals surface area contributed by atoms with Gasteiger partial charge in [0.25, 0.3) is 0 Å². The Morgan fingerprint density at radius 1 is 1.69 bits per heavy atom. The summed E-state index contributed by atoms with van der Waals surface area (Å²) in [6, 6.07) is 0.316. The first kappa shape index (κ1) is 8.97. The molecule has 74 valence electrons. The van der Waals surface area contributed by atoms with Crippen LogP contribution in [0.3, 0.4) is 0 Å². The van der Waals surface area contributed by atoms with Crippen molar-refractivity contribution in [3.05, 3.63) is 0 Å². The number of carbonyl (C=O) groups is 1. The fraction of sp³-hybridized carbons (Fsp3) is 0.889. The van der Waals surface area contributed by atoms with Crippen molar-refractivity contribution in [2.75, 3.05) is 13.2 Å². The summed E-state index contributed by atoms with van der Waals surface area (Å²) in [6.45, 7) is 3.78. The van der Waals surface area contributed by atoms with E-state index in [2.05, 4.69) is 12.3 Å². The molecule has 0 aromatic carbocycles. The molecule has 4 nitrogen and oxygen atoms in total. The number of amides is 1. The normalized spacial score (nSPS) is 35.3. The second-order valence-corrected chi connectivity index (χ2v) is 3.88. The van der Waals surface area contributed by atoms with Crippen molar-refractivity contribution in [2.45, 2.75) is 38.3 Å². The summed E-state index contributed by atoms with van der Waals surface area (Å²) >= 11 is 0. The fourth-order valence-corrected chi connectivity index (χ4v) is 1.93. The first-order valence-corrected chi connectivity index (χ1v) is 4.93. The molecule has 2 atom stereocenters. The molecule has 2 aliphatic rings. The van der Waals surface area contributed by atoms with E-state index in [9.17, 15) is 4.79 Å². The van der Waals surface area contributed by atoms with Crippen LogP contribution in [0.4, 0.5) is 0 Å². The highest BCUT2D eigenvalue weighted by Gasteiger charge is 2.29. The number of carbonyl (C=O) groups excluding carboxylic acids is 1. The van der Waals surface area contributed by atoms with Crippen LogP contribution in [0.2, 0.25) is 0 Å². The molecule has 1 N–H and O–H groups in total. The van der Waals surface area contributed by atoms with E-state index < -0.39 is 0 Å². The van der Waals surface area contributed by atoms with E-state index >= 15 is 0 Å². The Hall–Kier alpha value is -0.610. The lowest BCUT2D eigenvalue weighted by Gasteiger charge is -2.22. The van der Waals surface area contributed by atoms with E-state index in [1.54, 1.807) is 0 Å². The van der Waals surface area contributed by atoms with Crippen molar-refractivity contribution in [2.24, 2.45) is 0 Å². The molecule has 1 amide bonds. The van der Waals surface area contributed by atoms with Gasteiger partial charge in [0.15, 0.2) is 0 Å². The van der Waals surface area contributed by atoms with Crippen molar-refractivity contribution in [3.63, 3.8) is 0 Å². The van der Waals surface area contributed by atoms with Crippen LogP contribution < -0.4 is 5.43 Å². The van der Waals surface area contributed by atoms with Crippen molar-refractivity contribution in [1.82, 2.24) is 10.4 Å². The van der Waals surface area contributed by atoms with Crippen LogP contribution in [-0.4, -0.2) is 36.2 Å². The molecule has 2 rings (SSSR count). The van der Waals surface area contributed by atoms with Gasteiger partial charge in [-0.15, -0.1) is 0 Å². The first-order valence-electron chi connectivity index (χ1n) is 4.93. The molecule has 0 aromatic heterocycles. The summed E-state index contributed by atoms with van der Waals surface area (Å²) in [5.41, 5.74) is 2.84. The molecule has 2 saturated heterocycles. The van der Waals surface area contributed by atoms with E-state index in [0.29, 0.717) is 18.6 Å². The summed E-state index contributed by atoms with van der Waals surface area (Å²) < 4.78 is 5.51. The average Bonchev–Trinajstić information content (AvgIpc) is 2.63. The van der Waals surface area contributed by atoms with Gasteiger partial charge in [0.05, 0.1) is 6.10 Å². The minimum atomic E-state index is 0.130. The zero-order chi connectivity index (χ0) is 9.26.